The van der Waals surface area contributed by atoms with E-state index in [4.69, 9.17) is 4.74 Å². The summed E-state index contributed by atoms with van der Waals surface area (Å²) in [4.78, 5) is 24.5. The van der Waals surface area contributed by atoms with Crippen LogP contribution in [0.25, 0.3) is 0 Å². The van der Waals surface area contributed by atoms with E-state index in [2.05, 4.69) is 31.3 Å². The third kappa shape index (κ3) is 57.9. The second-order valence-electron chi connectivity index (χ2n) is 22.8. The van der Waals surface area contributed by atoms with Gasteiger partial charge in [-0.15, -0.1) is 0 Å². The van der Waals surface area contributed by atoms with Crippen LogP contribution in [0.2, 0.25) is 0 Å². The van der Waals surface area contributed by atoms with Gasteiger partial charge in [-0.1, -0.05) is 321 Å². The van der Waals surface area contributed by atoms with E-state index >= 15 is 0 Å². The number of esters is 1. The van der Waals surface area contributed by atoms with Crippen molar-refractivity contribution in [3.8, 4) is 0 Å². The van der Waals surface area contributed by atoms with Gasteiger partial charge in [-0.2, -0.15) is 0 Å². The molecule has 6 heteroatoms. The fraction of sp³-hybridized carbons (Fsp3) is 0.939. The minimum absolute atomic E-state index is 0.0204. The van der Waals surface area contributed by atoms with Crippen LogP contribution in [0.1, 0.15) is 373 Å². The van der Waals surface area contributed by atoms with Crippen LogP contribution in [0.5, 0.6) is 0 Å². The molecule has 2 unspecified atom stereocenters. The fourth-order valence-electron chi connectivity index (χ4n) is 10.5. The second-order valence-corrected chi connectivity index (χ2v) is 22.8. The van der Waals surface area contributed by atoms with Crippen LogP contribution >= 0.6 is 0 Å². The number of unbranched alkanes of at least 4 members (excludes halogenated alkanes) is 49. The summed E-state index contributed by atoms with van der Waals surface area (Å²) < 4.78 is 5.50. The minimum atomic E-state index is -0.661. The molecule has 0 bridgehead atoms. The first-order valence-electron chi connectivity index (χ1n) is 32.9. The first-order chi connectivity index (χ1) is 35.5. The van der Waals surface area contributed by atoms with Crippen molar-refractivity contribution in [1.82, 2.24) is 5.32 Å². The molecule has 3 N–H and O–H groups in total. The van der Waals surface area contributed by atoms with Crippen molar-refractivity contribution >= 4 is 11.9 Å². The van der Waals surface area contributed by atoms with Crippen LogP contribution in [0.3, 0.4) is 0 Å². The van der Waals surface area contributed by atoms with E-state index in [0.29, 0.717) is 25.9 Å². The Morgan fingerprint density at radius 3 is 0.986 bits per heavy atom. The molecule has 0 aromatic rings. The molecule has 0 aromatic carbocycles. The Labute approximate surface area is 450 Å². The van der Waals surface area contributed by atoms with Gasteiger partial charge in [0.15, 0.2) is 0 Å². The molecule has 0 spiro atoms. The molecule has 428 valence electrons. The Morgan fingerprint density at radius 2 is 0.653 bits per heavy atom. The predicted octanol–water partition coefficient (Wildman–Crippen LogP) is 20.8. The van der Waals surface area contributed by atoms with Gasteiger partial charge in [-0.25, -0.2) is 0 Å². The van der Waals surface area contributed by atoms with Crippen molar-refractivity contribution in [1.29, 1.82) is 0 Å². The van der Waals surface area contributed by atoms with Gasteiger partial charge >= 0.3 is 5.97 Å². The molecule has 0 rings (SSSR count). The number of hydrogen-bond donors (Lipinski definition) is 3. The number of rotatable bonds is 62. The molecular formula is C66H129NO5. The summed E-state index contributed by atoms with van der Waals surface area (Å²) >= 11 is 0. The third-order valence-corrected chi connectivity index (χ3v) is 15.6. The highest BCUT2D eigenvalue weighted by Gasteiger charge is 2.20. The zero-order chi connectivity index (χ0) is 52.2. The maximum Gasteiger partial charge on any atom is 0.305 e. The Morgan fingerprint density at radius 1 is 0.375 bits per heavy atom. The van der Waals surface area contributed by atoms with Gasteiger partial charge in [0.05, 0.1) is 25.4 Å². The Bertz CT molecular complexity index is 1080. The zero-order valence-electron chi connectivity index (χ0n) is 48.9. The molecule has 0 saturated carbocycles. The number of allylic oxidation sites excluding steroid dienone is 2. The fourth-order valence-corrected chi connectivity index (χ4v) is 10.5. The van der Waals surface area contributed by atoms with E-state index in [-0.39, 0.29) is 18.5 Å². The summed E-state index contributed by atoms with van der Waals surface area (Å²) in [6.45, 7) is 4.97. The van der Waals surface area contributed by atoms with Crippen molar-refractivity contribution in [2.75, 3.05) is 13.2 Å². The number of aliphatic hydroxyl groups is 2. The summed E-state index contributed by atoms with van der Waals surface area (Å²) in [6, 6.07) is -0.539. The Balaban J connectivity index is 3.33. The van der Waals surface area contributed by atoms with E-state index in [1.54, 1.807) is 0 Å². The monoisotopic (exact) mass is 1020 g/mol. The average Bonchev–Trinajstić information content (AvgIpc) is 3.38. The maximum atomic E-state index is 12.4. The van der Waals surface area contributed by atoms with Crippen LogP contribution in [-0.4, -0.2) is 47.4 Å². The van der Waals surface area contributed by atoms with Crippen LogP contribution < -0.4 is 5.32 Å². The van der Waals surface area contributed by atoms with Gasteiger partial charge in [0.1, 0.15) is 0 Å². The average molecular weight is 1020 g/mol. The molecule has 0 aliphatic rings. The van der Waals surface area contributed by atoms with Gasteiger partial charge in [0.25, 0.3) is 0 Å². The standard InChI is InChI=1S/C66H129NO5/c1-3-5-7-9-11-13-15-16-17-30-34-37-40-44-48-52-56-60-66(71)72-61-57-53-49-45-41-38-35-32-29-27-25-23-21-19-18-20-22-24-26-28-31-33-36-39-43-47-51-55-59-65(70)67-63(62-68)64(69)58-54-50-46-42-14-12-10-8-6-4-2/h18-19,63-64,68-69H,3-17,20-62H2,1-2H3,(H,67,70)/b19-18-. The number of ether oxygens (including phenoxy) is 1. The first kappa shape index (κ1) is 70.6. The van der Waals surface area contributed by atoms with Crippen molar-refractivity contribution in [3.63, 3.8) is 0 Å². The van der Waals surface area contributed by atoms with E-state index in [1.807, 2.05) is 0 Å². The summed E-state index contributed by atoms with van der Waals surface area (Å²) in [5, 5.41) is 23.2. The number of carbonyl (C=O) groups excluding carboxylic acids is 2. The first-order valence-corrected chi connectivity index (χ1v) is 32.9. The minimum Gasteiger partial charge on any atom is -0.466 e. The molecule has 0 saturated heterocycles. The molecule has 0 heterocycles. The second kappa shape index (κ2) is 62.1. The van der Waals surface area contributed by atoms with Gasteiger partial charge in [0.2, 0.25) is 5.91 Å². The van der Waals surface area contributed by atoms with Crippen molar-refractivity contribution in [2.24, 2.45) is 0 Å². The van der Waals surface area contributed by atoms with E-state index < -0.39 is 12.1 Å². The predicted molar refractivity (Wildman–Crippen MR) is 315 cm³/mol. The van der Waals surface area contributed by atoms with Crippen LogP contribution in [0.4, 0.5) is 0 Å². The lowest BCUT2D eigenvalue weighted by molar-refractivity contribution is -0.143. The molecule has 0 aliphatic carbocycles. The van der Waals surface area contributed by atoms with E-state index in [1.165, 1.54) is 302 Å². The lowest BCUT2D eigenvalue weighted by Crippen LogP contribution is -2.45. The molecule has 0 aromatic heterocycles. The van der Waals surface area contributed by atoms with Crippen LogP contribution in [-0.2, 0) is 14.3 Å². The lowest BCUT2D eigenvalue weighted by Gasteiger charge is -2.22. The molecule has 0 fully saturated rings. The molecule has 72 heavy (non-hydrogen) atoms. The summed E-state index contributed by atoms with van der Waals surface area (Å²) in [5.74, 6) is -0.0144. The molecule has 6 nitrogen and oxygen atoms in total. The molecule has 0 aliphatic heterocycles. The Kier molecular flexibility index (Phi) is 60.9. The summed E-state index contributed by atoms with van der Waals surface area (Å²) in [6.07, 6.45) is 75.4. The molecular weight excluding hydrogens is 887 g/mol. The summed E-state index contributed by atoms with van der Waals surface area (Å²) in [5.41, 5.74) is 0. The SMILES string of the molecule is CCCCCCCCCCCCCCCCCCCC(=O)OCCCCCCCCCCCCCC/C=C\CCCCCCCCCCCCCCC(=O)NC(CO)C(O)CCCCCCCCCCCC. The van der Waals surface area contributed by atoms with Gasteiger partial charge in [-0.05, 0) is 51.4 Å². The normalized spacial score (nSPS) is 12.6. The van der Waals surface area contributed by atoms with Crippen molar-refractivity contribution in [2.45, 2.75) is 386 Å². The maximum absolute atomic E-state index is 12.4. The Hall–Kier alpha value is -1.40. The van der Waals surface area contributed by atoms with Crippen LogP contribution in [0, 0.1) is 0 Å². The quantitative estimate of drug-likeness (QED) is 0.0320. The number of hydrogen-bond acceptors (Lipinski definition) is 5. The van der Waals surface area contributed by atoms with Crippen molar-refractivity contribution < 1.29 is 24.5 Å². The van der Waals surface area contributed by atoms with Gasteiger partial charge in [-0.3, -0.25) is 9.59 Å². The number of aliphatic hydroxyl groups excluding tert-OH is 2. The highest BCUT2D eigenvalue weighted by molar-refractivity contribution is 5.76. The topological polar surface area (TPSA) is 95.9 Å². The van der Waals surface area contributed by atoms with Gasteiger partial charge < -0.3 is 20.3 Å². The van der Waals surface area contributed by atoms with Crippen LogP contribution in [0.15, 0.2) is 12.2 Å². The number of amides is 1. The van der Waals surface area contributed by atoms with Crippen molar-refractivity contribution in [3.05, 3.63) is 12.2 Å². The molecule has 2 atom stereocenters. The van der Waals surface area contributed by atoms with E-state index in [0.717, 1.165) is 38.5 Å². The highest BCUT2D eigenvalue weighted by atomic mass is 16.5. The number of carbonyl (C=O) groups is 2. The largest absolute Gasteiger partial charge is 0.466 e. The smallest absolute Gasteiger partial charge is 0.305 e. The van der Waals surface area contributed by atoms with Gasteiger partial charge in [0, 0.05) is 12.8 Å². The lowest BCUT2D eigenvalue weighted by atomic mass is 10.0. The molecule has 0 radical (unpaired) electrons. The third-order valence-electron chi connectivity index (χ3n) is 15.6. The highest BCUT2D eigenvalue weighted by Crippen LogP contribution is 2.18. The summed E-state index contributed by atoms with van der Waals surface area (Å²) in [7, 11) is 0. The number of nitrogens with one attached hydrogen (secondary N) is 1. The van der Waals surface area contributed by atoms with E-state index in [9.17, 15) is 19.8 Å². The zero-order valence-corrected chi connectivity index (χ0v) is 48.9. The molecule has 1 amide bonds.